The van der Waals surface area contributed by atoms with Crippen LogP contribution in [0.2, 0.25) is 0 Å². The van der Waals surface area contributed by atoms with Gasteiger partial charge in [-0.3, -0.25) is 9.59 Å². The Labute approximate surface area is 141 Å². The number of nitrogens with one attached hydrogen (secondary N) is 1. The number of methoxy groups -OCH3 is 1. The molecule has 3 rings (SSSR count). The van der Waals surface area contributed by atoms with Crippen LogP contribution >= 0.6 is 0 Å². The summed E-state index contributed by atoms with van der Waals surface area (Å²) in [7, 11) is 1.59. The molecule has 1 fully saturated rings. The molecule has 5 heteroatoms. The van der Waals surface area contributed by atoms with E-state index in [1.807, 2.05) is 30.0 Å². The summed E-state index contributed by atoms with van der Waals surface area (Å²) < 4.78 is 5.19. The lowest BCUT2D eigenvalue weighted by Crippen LogP contribution is -2.38. The molecule has 126 valence electrons. The minimum atomic E-state index is 0.0325. The van der Waals surface area contributed by atoms with Crippen molar-refractivity contribution in [1.29, 1.82) is 0 Å². The summed E-state index contributed by atoms with van der Waals surface area (Å²) in [6.07, 6.45) is 1.71. The van der Waals surface area contributed by atoms with Crippen molar-refractivity contribution < 1.29 is 9.53 Å². The molecule has 0 aliphatic carbocycles. The molecule has 0 atom stereocenters. The summed E-state index contributed by atoms with van der Waals surface area (Å²) in [6, 6.07) is 10.5. The normalized spacial score (nSPS) is 15.3. The Morgan fingerprint density at radius 2 is 1.96 bits per heavy atom. The van der Waals surface area contributed by atoms with Gasteiger partial charge in [0.25, 0.3) is 5.91 Å². The maximum atomic E-state index is 12.6. The predicted octanol–water partition coefficient (Wildman–Crippen LogP) is 2.71. The number of carbonyl (C=O) groups is 1. The SMILES string of the molecule is COc1cccc(C(=O)N2CCC(c3cc(=O)cc(C)[nH]3)CC2)c1. The zero-order chi connectivity index (χ0) is 17.1. The number of pyridine rings is 1. The van der Waals surface area contributed by atoms with Crippen LogP contribution in [-0.2, 0) is 0 Å². The van der Waals surface area contributed by atoms with Crippen molar-refractivity contribution in [3.8, 4) is 5.75 Å². The number of ether oxygens (including phenoxy) is 1. The minimum absolute atomic E-state index is 0.0325. The number of nitrogens with zero attached hydrogens (tertiary/aromatic N) is 1. The molecule has 0 bridgehead atoms. The standard InChI is InChI=1S/C19H22N2O3/c1-13-10-16(22)12-18(20-13)14-6-8-21(9-7-14)19(23)15-4-3-5-17(11-15)24-2/h3-5,10-12,14H,6-9H2,1-2H3,(H,20,22). The van der Waals surface area contributed by atoms with E-state index in [1.54, 1.807) is 25.3 Å². The van der Waals surface area contributed by atoms with Gasteiger partial charge in [0.2, 0.25) is 0 Å². The fraction of sp³-hybridized carbons (Fsp3) is 0.368. The summed E-state index contributed by atoms with van der Waals surface area (Å²) in [6.45, 7) is 3.28. The number of aromatic amines is 1. The number of piperidine rings is 1. The van der Waals surface area contributed by atoms with Crippen molar-refractivity contribution >= 4 is 5.91 Å². The number of hydrogen-bond donors (Lipinski definition) is 1. The van der Waals surface area contributed by atoms with Crippen LogP contribution in [0.3, 0.4) is 0 Å². The number of aryl methyl sites for hydroxylation is 1. The Hall–Kier alpha value is -2.56. The summed E-state index contributed by atoms with van der Waals surface area (Å²) in [5, 5.41) is 0. The first-order valence-electron chi connectivity index (χ1n) is 8.21. The Morgan fingerprint density at radius 1 is 1.21 bits per heavy atom. The van der Waals surface area contributed by atoms with E-state index < -0.39 is 0 Å². The first-order valence-corrected chi connectivity index (χ1v) is 8.21. The first-order chi connectivity index (χ1) is 11.6. The monoisotopic (exact) mass is 326 g/mol. The van der Waals surface area contributed by atoms with Gasteiger partial charge in [-0.2, -0.15) is 0 Å². The van der Waals surface area contributed by atoms with Crippen LogP contribution in [0, 0.1) is 6.92 Å². The Bertz CT molecular complexity index is 789. The molecule has 1 amide bonds. The molecule has 1 saturated heterocycles. The molecule has 24 heavy (non-hydrogen) atoms. The highest BCUT2D eigenvalue weighted by Gasteiger charge is 2.25. The molecule has 0 radical (unpaired) electrons. The smallest absolute Gasteiger partial charge is 0.253 e. The Balaban J connectivity index is 1.68. The maximum Gasteiger partial charge on any atom is 0.253 e. The highest BCUT2D eigenvalue weighted by atomic mass is 16.5. The molecule has 2 heterocycles. The van der Waals surface area contributed by atoms with Crippen molar-refractivity contribution in [3.63, 3.8) is 0 Å². The second kappa shape index (κ2) is 6.91. The number of likely N-dealkylation sites (tertiary alicyclic amines) is 1. The molecule has 2 aromatic rings. The average molecular weight is 326 g/mol. The third-order valence-corrected chi connectivity index (χ3v) is 4.54. The fourth-order valence-corrected chi connectivity index (χ4v) is 3.26. The zero-order valence-electron chi connectivity index (χ0n) is 14.0. The number of benzene rings is 1. The van der Waals surface area contributed by atoms with Gasteiger partial charge in [0.15, 0.2) is 5.43 Å². The summed E-state index contributed by atoms with van der Waals surface area (Å²) in [4.78, 5) is 29.5. The first kappa shape index (κ1) is 16.3. The molecular formula is C19H22N2O3. The largest absolute Gasteiger partial charge is 0.497 e. The van der Waals surface area contributed by atoms with Crippen LogP contribution < -0.4 is 10.2 Å². The van der Waals surface area contributed by atoms with E-state index in [0.29, 0.717) is 30.3 Å². The van der Waals surface area contributed by atoms with Gasteiger partial charge >= 0.3 is 0 Å². The Morgan fingerprint density at radius 3 is 2.62 bits per heavy atom. The predicted molar refractivity (Wildman–Crippen MR) is 92.7 cm³/mol. The van der Waals surface area contributed by atoms with Crippen molar-refractivity contribution in [3.05, 3.63) is 63.6 Å². The van der Waals surface area contributed by atoms with Crippen LogP contribution in [0.4, 0.5) is 0 Å². The van der Waals surface area contributed by atoms with Crippen LogP contribution in [0.5, 0.6) is 5.75 Å². The number of H-pyrrole nitrogens is 1. The van der Waals surface area contributed by atoms with Gasteiger partial charge in [0.1, 0.15) is 5.75 Å². The van der Waals surface area contributed by atoms with Gasteiger partial charge in [0.05, 0.1) is 7.11 Å². The van der Waals surface area contributed by atoms with E-state index in [9.17, 15) is 9.59 Å². The second-order valence-corrected chi connectivity index (χ2v) is 6.25. The fourth-order valence-electron chi connectivity index (χ4n) is 3.26. The van der Waals surface area contributed by atoms with E-state index in [4.69, 9.17) is 4.74 Å². The zero-order valence-corrected chi connectivity index (χ0v) is 14.0. The van der Waals surface area contributed by atoms with E-state index >= 15 is 0 Å². The van der Waals surface area contributed by atoms with E-state index in [0.717, 1.165) is 24.2 Å². The van der Waals surface area contributed by atoms with Gasteiger partial charge in [-0.15, -0.1) is 0 Å². The van der Waals surface area contributed by atoms with Crippen molar-refractivity contribution in [2.75, 3.05) is 20.2 Å². The molecule has 0 spiro atoms. The van der Waals surface area contributed by atoms with Crippen molar-refractivity contribution in [2.45, 2.75) is 25.7 Å². The number of rotatable bonds is 3. The van der Waals surface area contributed by atoms with Crippen LogP contribution in [0.15, 0.2) is 41.2 Å². The lowest BCUT2D eigenvalue weighted by atomic mass is 9.92. The summed E-state index contributed by atoms with van der Waals surface area (Å²) in [5.74, 6) is 1.02. The third kappa shape index (κ3) is 3.50. The number of hydrogen-bond acceptors (Lipinski definition) is 3. The van der Waals surface area contributed by atoms with Crippen molar-refractivity contribution in [1.82, 2.24) is 9.88 Å². The quantitative estimate of drug-likeness (QED) is 0.943. The molecular weight excluding hydrogens is 304 g/mol. The van der Waals surface area contributed by atoms with Gasteiger partial charge in [-0.05, 0) is 38.0 Å². The van der Waals surface area contributed by atoms with Crippen molar-refractivity contribution in [2.24, 2.45) is 0 Å². The average Bonchev–Trinajstić information content (AvgIpc) is 2.60. The molecule has 1 N–H and O–H groups in total. The van der Waals surface area contributed by atoms with E-state index in [2.05, 4.69) is 4.98 Å². The molecule has 1 aromatic carbocycles. The molecule has 0 saturated carbocycles. The van der Waals surface area contributed by atoms with Crippen LogP contribution in [0.25, 0.3) is 0 Å². The minimum Gasteiger partial charge on any atom is -0.497 e. The molecule has 0 unspecified atom stereocenters. The van der Waals surface area contributed by atoms with E-state index in [1.165, 1.54) is 0 Å². The number of amides is 1. The number of aromatic nitrogens is 1. The molecule has 1 aliphatic heterocycles. The third-order valence-electron chi connectivity index (χ3n) is 4.54. The highest BCUT2D eigenvalue weighted by Crippen LogP contribution is 2.27. The topological polar surface area (TPSA) is 62.4 Å². The number of carbonyl (C=O) groups excluding carboxylic acids is 1. The van der Waals surface area contributed by atoms with Crippen LogP contribution in [0.1, 0.15) is 40.5 Å². The Kier molecular flexibility index (Phi) is 4.69. The maximum absolute atomic E-state index is 12.6. The second-order valence-electron chi connectivity index (χ2n) is 6.25. The summed E-state index contributed by atoms with van der Waals surface area (Å²) >= 11 is 0. The van der Waals surface area contributed by atoms with Crippen LogP contribution in [-0.4, -0.2) is 36.0 Å². The van der Waals surface area contributed by atoms with Gasteiger partial charge in [0, 0.05) is 48.1 Å². The molecule has 5 nitrogen and oxygen atoms in total. The molecule has 1 aliphatic rings. The van der Waals surface area contributed by atoms with Gasteiger partial charge in [-0.25, -0.2) is 0 Å². The van der Waals surface area contributed by atoms with Gasteiger partial charge in [-0.1, -0.05) is 6.07 Å². The highest BCUT2D eigenvalue weighted by molar-refractivity contribution is 5.94. The lowest BCUT2D eigenvalue weighted by molar-refractivity contribution is 0.0711. The molecule has 1 aromatic heterocycles. The van der Waals surface area contributed by atoms with Gasteiger partial charge < -0.3 is 14.6 Å². The summed E-state index contributed by atoms with van der Waals surface area (Å²) in [5.41, 5.74) is 2.55. The van der Waals surface area contributed by atoms with E-state index in [-0.39, 0.29) is 11.3 Å². The lowest BCUT2D eigenvalue weighted by Gasteiger charge is -2.32.